The van der Waals surface area contributed by atoms with E-state index in [1.807, 2.05) is 4.90 Å². The number of nitrogens with zero attached hydrogens (tertiary/aromatic N) is 2. The lowest BCUT2D eigenvalue weighted by molar-refractivity contribution is -0.128. The second kappa shape index (κ2) is 6.18. The van der Waals surface area contributed by atoms with Gasteiger partial charge in [0, 0.05) is 23.9 Å². The summed E-state index contributed by atoms with van der Waals surface area (Å²) in [5.41, 5.74) is 1.95. The molecule has 2 aliphatic heterocycles. The molecule has 0 unspecified atom stereocenters. The van der Waals surface area contributed by atoms with E-state index < -0.39 is 0 Å². The average Bonchev–Trinajstić information content (AvgIpc) is 2.87. The molecule has 3 heterocycles. The molecule has 0 N–H and O–H groups in total. The summed E-state index contributed by atoms with van der Waals surface area (Å²) >= 11 is 1.78. The van der Waals surface area contributed by atoms with Crippen molar-refractivity contribution in [3.05, 3.63) is 27.4 Å². The zero-order chi connectivity index (χ0) is 14.8. The van der Waals surface area contributed by atoms with Gasteiger partial charge in [0.05, 0.1) is 29.1 Å². The van der Waals surface area contributed by atoms with Crippen LogP contribution in [0.2, 0.25) is 0 Å². The Bertz CT molecular complexity index is 545. The lowest BCUT2D eigenvalue weighted by atomic mass is 9.97. The third-order valence-corrected chi connectivity index (χ3v) is 5.55. The lowest BCUT2D eigenvalue weighted by Crippen LogP contribution is -2.40. The van der Waals surface area contributed by atoms with Crippen LogP contribution in [0.3, 0.4) is 0 Å². The summed E-state index contributed by atoms with van der Waals surface area (Å²) < 4.78 is 5.30. The van der Waals surface area contributed by atoms with E-state index in [1.165, 1.54) is 9.88 Å². The topological polar surface area (TPSA) is 42.4 Å². The quantitative estimate of drug-likeness (QED) is 0.843. The predicted molar refractivity (Wildman–Crippen MR) is 83.4 cm³/mol. The number of rotatable bonds is 2. The number of carbonyl (C=O) groups is 1. The number of amides is 1. The summed E-state index contributed by atoms with van der Waals surface area (Å²) in [7, 11) is 0. The molecular weight excluding hydrogens is 284 g/mol. The first-order chi connectivity index (χ1) is 10.1. The maximum absolute atomic E-state index is 12.6. The molecule has 0 saturated carbocycles. The van der Waals surface area contributed by atoms with Crippen molar-refractivity contribution in [3.63, 3.8) is 0 Å². The zero-order valence-corrected chi connectivity index (χ0v) is 13.5. The number of hydrogen-bond donors (Lipinski definition) is 0. The van der Waals surface area contributed by atoms with E-state index in [0.717, 1.165) is 56.6 Å². The van der Waals surface area contributed by atoms with Crippen LogP contribution in [0, 0.1) is 13.8 Å². The van der Waals surface area contributed by atoms with Crippen molar-refractivity contribution >= 4 is 17.2 Å². The first-order valence-corrected chi connectivity index (χ1v) is 8.50. The molecule has 2 aliphatic rings. The summed E-state index contributed by atoms with van der Waals surface area (Å²) in [6.07, 6.45) is 5.64. The van der Waals surface area contributed by atoms with Crippen LogP contribution in [-0.4, -0.2) is 35.5 Å². The molecule has 21 heavy (non-hydrogen) atoms. The highest BCUT2D eigenvalue weighted by Crippen LogP contribution is 2.32. The summed E-state index contributed by atoms with van der Waals surface area (Å²) in [5, 5.41) is 1.19. The Labute approximate surface area is 129 Å². The van der Waals surface area contributed by atoms with Crippen molar-refractivity contribution in [1.82, 2.24) is 9.88 Å². The normalized spacial score (nSPS) is 22.7. The van der Waals surface area contributed by atoms with Gasteiger partial charge in [-0.2, -0.15) is 0 Å². The van der Waals surface area contributed by atoms with Gasteiger partial charge >= 0.3 is 0 Å². The summed E-state index contributed by atoms with van der Waals surface area (Å²) in [6.45, 7) is 6.56. The van der Waals surface area contributed by atoms with Gasteiger partial charge in [-0.3, -0.25) is 4.79 Å². The molecule has 0 radical (unpaired) electrons. The second-order valence-corrected chi connectivity index (χ2v) is 7.14. The van der Waals surface area contributed by atoms with Gasteiger partial charge < -0.3 is 9.64 Å². The Morgan fingerprint density at radius 3 is 2.95 bits per heavy atom. The fourth-order valence-electron chi connectivity index (χ4n) is 2.96. The van der Waals surface area contributed by atoms with Crippen molar-refractivity contribution in [2.24, 2.45) is 0 Å². The van der Waals surface area contributed by atoms with Gasteiger partial charge in [0.25, 0.3) is 5.91 Å². The van der Waals surface area contributed by atoms with Crippen LogP contribution in [0.5, 0.6) is 0 Å². The predicted octanol–water partition coefficient (Wildman–Crippen LogP) is 3.16. The third-order valence-electron chi connectivity index (χ3n) is 4.31. The molecule has 1 fully saturated rings. The summed E-state index contributed by atoms with van der Waals surface area (Å²) in [5.74, 6) is 0.551. The molecule has 0 bridgehead atoms. The van der Waals surface area contributed by atoms with Gasteiger partial charge in [0.15, 0.2) is 0 Å². The molecule has 0 aliphatic carbocycles. The fraction of sp³-hybridized carbons (Fsp3) is 0.625. The van der Waals surface area contributed by atoms with E-state index >= 15 is 0 Å². The Hall–Kier alpha value is -1.36. The van der Waals surface area contributed by atoms with E-state index in [4.69, 9.17) is 4.74 Å². The molecule has 5 heteroatoms. The van der Waals surface area contributed by atoms with Crippen molar-refractivity contribution in [2.75, 3.05) is 19.7 Å². The minimum Gasteiger partial charge on any atom is -0.501 e. The number of likely N-dealkylation sites (tertiary alicyclic amines) is 1. The fourth-order valence-corrected chi connectivity index (χ4v) is 4.01. The average molecular weight is 306 g/mol. The first kappa shape index (κ1) is 14.6. The van der Waals surface area contributed by atoms with Crippen molar-refractivity contribution < 1.29 is 9.53 Å². The molecular formula is C16H22N2O2S. The zero-order valence-electron chi connectivity index (χ0n) is 12.7. The van der Waals surface area contributed by atoms with Gasteiger partial charge in [0.2, 0.25) is 0 Å². The van der Waals surface area contributed by atoms with E-state index in [2.05, 4.69) is 18.8 Å². The molecule has 3 rings (SSSR count). The highest BCUT2D eigenvalue weighted by Gasteiger charge is 2.29. The minimum absolute atomic E-state index is 0.157. The van der Waals surface area contributed by atoms with Crippen LogP contribution in [0.4, 0.5) is 0 Å². The number of ether oxygens (including phenoxy) is 1. The number of thiazole rings is 1. The number of hydrogen-bond acceptors (Lipinski definition) is 4. The Kier molecular flexibility index (Phi) is 4.29. The molecule has 0 spiro atoms. The Morgan fingerprint density at radius 2 is 2.29 bits per heavy atom. The molecule has 114 valence electrons. The van der Waals surface area contributed by atoms with Crippen molar-refractivity contribution in [1.29, 1.82) is 0 Å². The van der Waals surface area contributed by atoms with E-state index in [0.29, 0.717) is 5.92 Å². The Balaban J connectivity index is 1.70. The number of aryl methyl sites for hydroxylation is 2. The van der Waals surface area contributed by atoms with Crippen LogP contribution in [0.1, 0.15) is 47.2 Å². The third kappa shape index (κ3) is 3.12. The molecule has 4 nitrogen and oxygen atoms in total. The standard InChI is InChI=1S/C16H22N2O2S/c1-11-12(2)21-15(17-11)13-5-3-7-18(9-13)16(19)14-6-4-8-20-10-14/h10,13H,3-9H2,1-2H3/t13-/m0/s1. The molecule has 1 saturated heterocycles. The number of aromatic nitrogens is 1. The smallest absolute Gasteiger partial charge is 0.252 e. The molecule has 1 amide bonds. The van der Waals surface area contributed by atoms with Gasteiger partial charge in [0.1, 0.15) is 0 Å². The first-order valence-electron chi connectivity index (χ1n) is 7.69. The molecule has 1 atom stereocenters. The summed E-state index contributed by atoms with van der Waals surface area (Å²) in [6, 6.07) is 0. The maximum atomic E-state index is 12.6. The van der Waals surface area contributed by atoms with Crippen molar-refractivity contribution in [2.45, 2.75) is 45.4 Å². The summed E-state index contributed by atoms with van der Waals surface area (Å²) in [4.78, 5) is 20.5. The van der Waals surface area contributed by atoms with Gasteiger partial charge in [-0.15, -0.1) is 11.3 Å². The highest BCUT2D eigenvalue weighted by molar-refractivity contribution is 7.11. The molecule has 1 aromatic rings. The van der Waals surface area contributed by atoms with Gasteiger partial charge in [-0.05, 0) is 39.5 Å². The maximum Gasteiger partial charge on any atom is 0.252 e. The second-order valence-electron chi connectivity index (χ2n) is 5.90. The number of piperidine rings is 1. The van der Waals surface area contributed by atoms with Crippen LogP contribution in [0.15, 0.2) is 11.8 Å². The molecule has 0 aromatic carbocycles. The highest BCUT2D eigenvalue weighted by atomic mass is 32.1. The number of carbonyl (C=O) groups excluding carboxylic acids is 1. The van der Waals surface area contributed by atoms with Crippen LogP contribution in [-0.2, 0) is 9.53 Å². The Morgan fingerprint density at radius 1 is 1.43 bits per heavy atom. The van der Waals surface area contributed by atoms with Crippen LogP contribution in [0.25, 0.3) is 0 Å². The van der Waals surface area contributed by atoms with Crippen LogP contribution < -0.4 is 0 Å². The van der Waals surface area contributed by atoms with E-state index in [9.17, 15) is 4.79 Å². The SMILES string of the molecule is Cc1nc([C@H]2CCCN(C(=O)C3=COCCC3)C2)sc1C. The van der Waals surface area contributed by atoms with Crippen LogP contribution >= 0.6 is 11.3 Å². The minimum atomic E-state index is 0.157. The lowest BCUT2D eigenvalue weighted by Gasteiger charge is -2.32. The monoisotopic (exact) mass is 306 g/mol. The largest absolute Gasteiger partial charge is 0.501 e. The van der Waals surface area contributed by atoms with Gasteiger partial charge in [-0.25, -0.2) is 4.98 Å². The van der Waals surface area contributed by atoms with E-state index in [1.54, 1.807) is 17.6 Å². The molecule has 1 aromatic heterocycles. The van der Waals surface area contributed by atoms with E-state index in [-0.39, 0.29) is 5.91 Å². The van der Waals surface area contributed by atoms with Gasteiger partial charge in [-0.1, -0.05) is 0 Å². The van der Waals surface area contributed by atoms with Crippen molar-refractivity contribution in [3.8, 4) is 0 Å².